The molecule has 0 N–H and O–H groups in total. The van der Waals surface area contributed by atoms with Gasteiger partial charge in [-0.05, 0) is 50.7 Å². The van der Waals surface area contributed by atoms with E-state index in [0.29, 0.717) is 0 Å². The van der Waals surface area contributed by atoms with Gasteiger partial charge in [0.2, 0.25) is 0 Å². The maximum absolute atomic E-state index is 5.79. The summed E-state index contributed by atoms with van der Waals surface area (Å²) in [6, 6.07) is 14.5. The predicted octanol–water partition coefficient (Wildman–Crippen LogP) is 3.97. The van der Waals surface area contributed by atoms with Gasteiger partial charge in [-0.3, -0.25) is 4.68 Å². The van der Waals surface area contributed by atoms with Crippen molar-refractivity contribution < 1.29 is 4.42 Å². The molecule has 0 spiro atoms. The van der Waals surface area contributed by atoms with Gasteiger partial charge < -0.3 is 9.32 Å². The molecule has 23 heavy (non-hydrogen) atoms. The van der Waals surface area contributed by atoms with Crippen LogP contribution in [0.2, 0.25) is 0 Å². The Balaban J connectivity index is 1.61. The predicted molar refractivity (Wildman–Crippen MR) is 92.1 cm³/mol. The molecule has 0 saturated heterocycles. The molecule has 0 fully saturated rings. The highest BCUT2D eigenvalue weighted by Gasteiger charge is 2.10. The first-order valence-corrected chi connectivity index (χ1v) is 8.03. The van der Waals surface area contributed by atoms with Crippen LogP contribution in [-0.4, -0.2) is 28.3 Å². The number of aryl methyl sites for hydroxylation is 2. The van der Waals surface area contributed by atoms with E-state index >= 15 is 0 Å². The van der Waals surface area contributed by atoms with Crippen LogP contribution < -0.4 is 0 Å². The van der Waals surface area contributed by atoms with Crippen LogP contribution in [0.4, 0.5) is 0 Å². The second-order valence-corrected chi connectivity index (χ2v) is 5.93. The van der Waals surface area contributed by atoms with E-state index in [1.165, 1.54) is 11.1 Å². The minimum absolute atomic E-state index is 0.912. The van der Waals surface area contributed by atoms with E-state index in [1.807, 2.05) is 42.2 Å². The van der Waals surface area contributed by atoms with E-state index in [9.17, 15) is 0 Å². The molecule has 0 radical (unpaired) electrons. The van der Waals surface area contributed by atoms with Crippen molar-refractivity contribution in [3.05, 3.63) is 66.2 Å². The lowest BCUT2D eigenvalue weighted by Gasteiger charge is -2.18. The van der Waals surface area contributed by atoms with Gasteiger partial charge in [0.1, 0.15) is 11.5 Å². The first-order chi connectivity index (χ1) is 11.2. The SMILES string of the molecule is Cc1ccc(-c2ccccc2CN(C)CCCn2cccn2)o1. The third-order valence-electron chi connectivity index (χ3n) is 3.95. The number of furan rings is 1. The molecule has 0 atom stereocenters. The maximum atomic E-state index is 5.79. The first-order valence-electron chi connectivity index (χ1n) is 8.03. The van der Waals surface area contributed by atoms with Crippen LogP contribution >= 0.6 is 0 Å². The molecule has 0 bridgehead atoms. The van der Waals surface area contributed by atoms with Gasteiger partial charge in [0.05, 0.1) is 0 Å². The molecule has 0 saturated carbocycles. The summed E-state index contributed by atoms with van der Waals surface area (Å²) in [6.45, 7) is 4.88. The molecular formula is C19H23N3O. The molecule has 2 aromatic heterocycles. The molecule has 3 aromatic rings. The minimum Gasteiger partial charge on any atom is -0.461 e. The lowest BCUT2D eigenvalue weighted by Crippen LogP contribution is -2.20. The van der Waals surface area contributed by atoms with E-state index < -0.39 is 0 Å². The fourth-order valence-electron chi connectivity index (χ4n) is 2.78. The van der Waals surface area contributed by atoms with Crippen molar-refractivity contribution in [3.63, 3.8) is 0 Å². The third kappa shape index (κ3) is 4.11. The highest BCUT2D eigenvalue weighted by atomic mass is 16.3. The Morgan fingerprint density at radius 3 is 2.74 bits per heavy atom. The van der Waals surface area contributed by atoms with Crippen LogP contribution in [0.1, 0.15) is 17.7 Å². The monoisotopic (exact) mass is 309 g/mol. The molecule has 2 heterocycles. The molecule has 0 amide bonds. The number of hydrogen-bond donors (Lipinski definition) is 0. The van der Waals surface area contributed by atoms with Gasteiger partial charge >= 0.3 is 0 Å². The summed E-state index contributed by atoms with van der Waals surface area (Å²) in [7, 11) is 2.16. The van der Waals surface area contributed by atoms with Gasteiger partial charge in [-0.1, -0.05) is 24.3 Å². The number of nitrogens with zero attached hydrogens (tertiary/aromatic N) is 3. The van der Waals surface area contributed by atoms with Gasteiger partial charge in [-0.2, -0.15) is 5.10 Å². The van der Waals surface area contributed by atoms with Gasteiger partial charge in [-0.15, -0.1) is 0 Å². The molecule has 4 nitrogen and oxygen atoms in total. The number of aromatic nitrogens is 2. The summed E-state index contributed by atoms with van der Waals surface area (Å²) in [4.78, 5) is 2.35. The van der Waals surface area contributed by atoms with Crippen molar-refractivity contribution in [3.8, 4) is 11.3 Å². The molecular weight excluding hydrogens is 286 g/mol. The molecule has 0 aliphatic rings. The van der Waals surface area contributed by atoms with Gasteiger partial charge in [0.25, 0.3) is 0 Å². The van der Waals surface area contributed by atoms with Crippen LogP contribution in [-0.2, 0) is 13.1 Å². The topological polar surface area (TPSA) is 34.2 Å². The van der Waals surface area contributed by atoms with Crippen molar-refractivity contribution in [2.45, 2.75) is 26.4 Å². The summed E-state index contributed by atoms with van der Waals surface area (Å²) in [5, 5.41) is 4.24. The van der Waals surface area contributed by atoms with Crippen LogP contribution in [0, 0.1) is 6.92 Å². The van der Waals surface area contributed by atoms with Gasteiger partial charge in [-0.25, -0.2) is 0 Å². The Hall–Kier alpha value is -2.33. The molecule has 4 heteroatoms. The van der Waals surface area contributed by atoms with Crippen molar-refractivity contribution in [2.24, 2.45) is 0 Å². The van der Waals surface area contributed by atoms with Crippen molar-refractivity contribution in [1.29, 1.82) is 0 Å². The summed E-state index contributed by atoms with van der Waals surface area (Å²) in [5.41, 5.74) is 2.47. The van der Waals surface area contributed by atoms with Crippen LogP contribution in [0.25, 0.3) is 11.3 Å². The summed E-state index contributed by atoms with van der Waals surface area (Å²) in [6.07, 6.45) is 4.92. The van der Waals surface area contributed by atoms with E-state index in [2.05, 4.69) is 41.3 Å². The van der Waals surface area contributed by atoms with Gasteiger partial charge in [0, 0.05) is 31.0 Å². The largest absolute Gasteiger partial charge is 0.461 e. The Morgan fingerprint density at radius 1 is 1.13 bits per heavy atom. The Labute approximate surface area is 137 Å². The summed E-state index contributed by atoms with van der Waals surface area (Å²) in [5.74, 6) is 1.89. The molecule has 0 aliphatic carbocycles. The lowest BCUT2D eigenvalue weighted by atomic mass is 10.0. The number of benzene rings is 1. The van der Waals surface area contributed by atoms with E-state index in [-0.39, 0.29) is 0 Å². The zero-order valence-corrected chi connectivity index (χ0v) is 13.8. The molecule has 1 aromatic carbocycles. The average Bonchev–Trinajstić information content (AvgIpc) is 3.19. The first kappa shape index (κ1) is 15.6. The van der Waals surface area contributed by atoms with Crippen LogP contribution in [0.15, 0.2) is 59.3 Å². The molecule has 3 rings (SSSR count). The van der Waals surface area contributed by atoms with E-state index in [0.717, 1.165) is 37.6 Å². The summed E-state index contributed by atoms with van der Waals surface area (Å²) >= 11 is 0. The van der Waals surface area contributed by atoms with Crippen molar-refractivity contribution in [1.82, 2.24) is 14.7 Å². The standard InChI is InChI=1S/C19H23N3O/c1-16-9-10-19(23-16)18-8-4-3-7-17(18)15-21(2)12-6-14-22-13-5-11-20-22/h3-5,7-11,13H,6,12,14-15H2,1-2H3. The number of hydrogen-bond acceptors (Lipinski definition) is 3. The van der Waals surface area contributed by atoms with Crippen LogP contribution in [0.3, 0.4) is 0 Å². The Kier molecular flexibility index (Phi) is 4.93. The minimum atomic E-state index is 0.912. The van der Waals surface area contributed by atoms with E-state index in [1.54, 1.807) is 0 Å². The van der Waals surface area contributed by atoms with Crippen LogP contribution in [0.5, 0.6) is 0 Å². The highest BCUT2D eigenvalue weighted by molar-refractivity contribution is 5.62. The normalized spacial score (nSPS) is 11.3. The fraction of sp³-hybridized carbons (Fsp3) is 0.316. The maximum Gasteiger partial charge on any atom is 0.134 e. The molecule has 0 aliphatic heterocycles. The Morgan fingerprint density at radius 2 is 2.00 bits per heavy atom. The molecule has 120 valence electrons. The van der Waals surface area contributed by atoms with Crippen molar-refractivity contribution >= 4 is 0 Å². The zero-order valence-electron chi connectivity index (χ0n) is 13.8. The summed E-state index contributed by atoms with van der Waals surface area (Å²) < 4.78 is 7.77. The third-order valence-corrected chi connectivity index (χ3v) is 3.95. The highest BCUT2D eigenvalue weighted by Crippen LogP contribution is 2.26. The van der Waals surface area contributed by atoms with Crippen molar-refractivity contribution in [2.75, 3.05) is 13.6 Å². The smallest absolute Gasteiger partial charge is 0.134 e. The second kappa shape index (κ2) is 7.29. The Bertz CT molecular complexity index is 731. The quantitative estimate of drug-likeness (QED) is 0.662. The molecule has 0 unspecified atom stereocenters. The zero-order chi connectivity index (χ0) is 16.1. The number of rotatable bonds is 7. The lowest BCUT2D eigenvalue weighted by molar-refractivity contribution is 0.311. The second-order valence-electron chi connectivity index (χ2n) is 5.93. The van der Waals surface area contributed by atoms with E-state index in [4.69, 9.17) is 4.42 Å². The van der Waals surface area contributed by atoms with Gasteiger partial charge in [0.15, 0.2) is 0 Å². The fourth-order valence-corrected chi connectivity index (χ4v) is 2.78. The average molecular weight is 309 g/mol.